The molecule has 14 heteroatoms. The van der Waals surface area contributed by atoms with Crippen molar-refractivity contribution in [3.05, 3.63) is 75.4 Å². The first kappa shape index (κ1) is 27.1. The van der Waals surface area contributed by atoms with Gasteiger partial charge in [0.05, 0.1) is 27.5 Å². The van der Waals surface area contributed by atoms with Crippen LogP contribution >= 0.6 is 23.2 Å². The number of rotatable bonds is 8. The van der Waals surface area contributed by atoms with E-state index < -0.39 is 12.5 Å². The summed E-state index contributed by atoms with van der Waals surface area (Å²) >= 11 is 12.7. The molecule has 0 unspecified atom stereocenters. The molecule has 4 aromatic heterocycles. The van der Waals surface area contributed by atoms with Crippen molar-refractivity contribution in [1.82, 2.24) is 29.3 Å². The summed E-state index contributed by atoms with van der Waals surface area (Å²) in [6.45, 7) is 1.85. The van der Waals surface area contributed by atoms with E-state index >= 15 is 0 Å². The fourth-order valence-corrected chi connectivity index (χ4v) is 4.53. The van der Waals surface area contributed by atoms with E-state index in [1.807, 2.05) is 6.92 Å². The molecule has 0 radical (unpaired) electrons. The van der Waals surface area contributed by atoms with Crippen molar-refractivity contribution in [1.29, 1.82) is 0 Å². The summed E-state index contributed by atoms with van der Waals surface area (Å²) in [5.41, 5.74) is 1.37. The number of carbonyl (C=O) groups excluding carboxylic acids is 1. The second-order valence-corrected chi connectivity index (χ2v) is 9.33. The number of nitrogens with zero attached hydrogens (tertiary/aromatic N) is 6. The van der Waals surface area contributed by atoms with Gasteiger partial charge in [-0.05, 0) is 31.2 Å². The van der Waals surface area contributed by atoms with E-state index in [0.717, 1.165) is 0 Å². The van der Waals surface area contributed by atoms with E-state index in [2.05, 4.69) is 30.7 Å². The van der Waals surface area contributed by atoms with Gasteiger partial charge >= 0.3 is 0 Å². The minimum atomic E-state index is -0.731. The summed E-state index contributed by atoms with van der Waals surface area (Å²) in [5, 5.41) is 20.3. The van der Waals surface area contributed by atoms with Crippen LogP contribution in [0.2, 0.25) is 10.0 Å². The molecule has 1 aromatic carbocycles. The molecule has 40 heavy (non-hydrogen) atoms. The van der Waals surface area contributed by atoms with Crippen molar-refractivity contribution >= 4 is 57.5 Å². The zero-order valence-electron chi connectivity index (χ0n) is 21.2. The molecule has 4 heterocycles. The van der Waals surface area contributed by atoms with Crippen molar-refractivity contribution in [2.45, 2.75) is 13.5 Å². The van der Waals surface area contributed by atoms with Crippen molar-refractivity contribution in [2.24, 2.45) is 7.05 Å². The van der Waals surface area contributed by atoms with Crippen molar-refractivity contribution in [2.75, 3.05) is 17.2 Å². The van der Waals surface area contributed by atoms with Crippen LogP contribution < -0.4 is 20.9 Å². The van der Waals surface area contributed by atoms with Gasteiger partial charge in [-0.15, -0.1) is 5.10 Å². The van der Waals surface area contributed by atoms with Gasteiger partial charge in [0.15, 0.2) is 0 Å². The summed E-state index contributed by atoms with van der Waals surface area (Å²) < 4.78 is 8.80. The number of carbonyl (C=O) groups is 1. The van der Waals surface area contributed by atoms with E-state index in [9.17, 15) is 14.7 Å². The van der Waals surface area contributed by atoms with Gasteiger partial charge in [-0.2, -0.15) is 4.98 Å². The molecule has 0 aliphatic rings. The number of halogens is 2. The molecule has 1 amide bonds. The van der Waals surface area contributed by atoms with Crippen LogP contribution in [-0.4, -0.2) is 46.9 Å². The molecule has 0 bridgehead atoms. The number of aliphatic hydroxyl groups is 1. The lowest BCUT2D eigenvalue weighted by atomic mass is 10.1. The van der Waals surface area contributed by atoms with Crippen LogP contribution in [0, 0.1) is 0 Å². The van der Waals surface area contributed by atoms with E-state index in [1.54, 1.807) is 60.5 Å². The minimum Gasteiger partial charge on any atom is -0.417 e. The Kier molecular flexibility index (Phi) is 7.65. The van der Waals surface area contributed by atoms with Crippen molar-refractivity contribution in [3.8, 4) is 22.9 Å². The summed E-state index contributed by atoms with van der Waals surface area (Å²) in [7, 11) is 1.59. The highest BCUT2D eigenvalue weighted by molar-refractivity contribution is 6.39. The zero-order valence-corrected chi connectivity index (χ0v) is 22.7. The highest BCUT2D eigenvalue weighted by Crippen LogP contribution is 2.34. The molecular formula is C26H22Cl2N8O4. The van der Waals surface area contributed by atoms with E-state index in [1.165, 1.54) is 10.8 Å². The number of anilines is 3. The Morgan fingerprint density at radius 2 is 1.90 bits per heavy atom. The first-order valence-electron chi connectivity index (χ1n) is 12.0. The van der Waals surface area contributed by atoms with Gasteiger partial charge in [0.1, 0.15) is 17.9 Å². The zero-order chi connectivity index (χ0) is 28.4. The second-order valence-electron chi connectivity index (χ2n) is 8.51. The number of ether oxygens (including phenoxy) is 1. The van der Waals surface area contributed by atoms with Gasteiger partial charge in [-0.3, -0.25) is 18.8 Å². The number of aromatic nitrogens is 6. The number of aliphatic hydroxyl groups excluding tert-OH is 1. The lowest BCUT2D eigenvalue weighted by Crippen LogP contribution is -2.20. The highest BCUT2D eigenvalue weighted by atomic mass is 35.5. The third-order valence-corrected chi connectivity index (χ3v) is 6.48. The molecule has 5 aromatic rings. The lowest BCUT2D eigenvalue weighted by molar-refractivity contribution is -0.118. The Morgan fingerprint density at radius 1 is 1.12 bits per heavy atom. The molecule has 0 aliphatic heterocycles. The van der Waals surface area contributed by atoms with Crippen LogP contribution in [0.4, 0.5) is 17.3 Å². The SMILES string of the molecule is CCn1ccc(Oc2ncc(Nc3ncc4cc(-c5c(Cl)cccc5Cl)c(=O)n(C)c4n3)cc2NC(=O)CO)n1. The molecule has 0 saturated heterocycles. The fraction of sp³-hybridized carbons (Fsp3) is 0.154. The Balaban J connectivity index is 1.48. The molecule has 12 nitrogen and oxygen atoms in total. The average molecular weight is 581 g/mol. The molecule has 5 rings (SSSR count). The Hall–Kier alpha value is -4.52. The summed E-state index contributed by atoms with van der Waals surface area (Å²) in [4.78, 5) is 38.3. The lowest BCUT2D eigenvalue weighted by Gasteiger charge is -2.13. The number of pyridine rings is 2. The van der Waals surface area contributed by atoms with Gasteiger partial charge in [0, 0.05) is 43.0 Å². The Bertz CT molecular complexity index is 1780. The molecule has 204 valence electrons. The van der Waals surface area contributed by atoms with Gasteiger partial charge in [-0.25, -0.2) is 9.97 Å². The third kappa shape index (κ3) is 5.45. The van der Waals surface area contributed by atoms with Gasteiger partial charge < -0.3 is 20.5 Å². The Morgan fingerprint density at radius 3 is 2.60 bits per heavy atom. The van der Waals surface area contributed by atoms with E-state index in [4.69, 9.17) is 27.9 Å². The average Bonchev–Trinajstić information content (AvgIpc) is 3.40. The number of hydrogen-bond acceptors (Lipinski definition) is 9. The maximum Gasteiger partial charge on any atom is 0.259 e. The maximum absolute atomic E-state index is 13.2. The third-order valence-electron chi connectivity index (χ3n) is 5.85. The van der Waals surface area contributed by atoms with Crippen LogP contribution in [0.1, 0.15) is 6.92 Å². The molecule has 0 fully saturated rings. The molecule has 0 aliphatic carbocycles. The number of hydrogen-bond donors (Lipinski definition) is 3. The molecular weight excluding hydrogens is 559 g/mol. The predicted molar refractivity (Wildman–Crippen MR) is 151 cm³/mol. The first-order valence-corrected chi connectivity index (χ1v) is 12.7. The minimum absolute atomic E-state index is 0.0706. The first-order chi connectivity index (χ1) is 19.3. The predicted octanol–water partition coefficient (Wildman–Crippen LogP) is 4.38. The summed E-state index contributed by atoms with van der Waals surface area (Å²) in [6.07, 6.45) is 4.76. The largest absolute Gasteiger partial charge is 0.417 e. The van der Waals surface area contributed by atoms with E-state index in [0.29, 0.717) is 44.4 Å². The number of benzene rings is 1. The van der Waals surface area contributed by atoms with Gasteiger partial charge in [0.2, 0.25) is 23.6 Å². The number of fused-ring (bicyclic) bond motifs is 1. The number of nitrogens with one attached hydrogen (secondary N) is 2. The normalized spacial score (nSPS) is 11.0. The molecule has 0 spiro atoms. The van der Waals surface area contributed by atoms with Crippen LogP contribution in [0.3, 0.4) is 0 Å². The molecule has 0 atom stereocenters. The Labute approximate surface area is 237 Å². The van der Waals surface area contributed by atoms with Crippen LogP contribution in [0.25, 0.3) is 22.2 Å². The fourth-order valence-electron chi connectivity index (χ4n) is 3.92. The van der Waals surface area contributed by atoms with Crippen LogP contribution in [0.15, 0.2) is 59.8 Å². The maximum atomic E-state index is 13.2. The number of aryl methyl sites for hydroxylation is 2. The highest BCUT2D eigenvalue weighted by Gasteiger charge is 2.17. The smallest absolute Gasteiger partial charge is 0.259 e. The monoisotopic (exact) mass is 580 g/mol. The molecule has 3 N–H and O–H groups in total. The van der Waals surface area contributed by atoms with Crippen LogP contribution in [-0.2, 0) is 18.4 Å². The van der Waals surface area contributed by atoms with Crippen LogP contribution in [0.5, 0.6) is 11.8 Å². The van der Waals surface area contributed by atoms with E-state index in [-0.39, 0.29) is 29.0 Å². The standard InChI is InChI=1S/C26H22Cl2N8O4/c1-3-36-8-7-21(34-36)40-24-19(32-20(38)13-37)10-15(12-29-24)31-26-30-11-14-9-16(25(39)35(2)23(14)33-26)22-17(27)5-4-6-18(22)28/h4-12,37H,3,13H2,1-2H3,(H,32,38)(H,30,31,33). The molecule has 0 saturated carbocycles. The topological polar surface area (TPSA) is 149 Å². The quantitative estimate of drug-likeness (QED) is 0.243. The summed E-state index contributed by atoms with van der Waals surface area (Å²) in [5.74, 6) is -0.135. The van der Waals surface area contributed by atoms with Gasteiger partial charge in [-0.1, -0.05) is 29.3 Å². The van der Waals surface area contributed by atoms with Gasteiger partial charge in [0.25, 0.3) is 5.56 Å². The van der Waals surface area contributed by atoms with Crippen molar-refractivity contribution in [3.63, 3.8) is 0 Å². The van der Waals surface area contributed by atoms with Crippen molar-refractivity contribution < 1.29 is 14.6 Å². The second kappa shape index (κ2) is 11.3. The number of amides is 1. The summed E-state index contributed by atoms with van der Waals surface area (Å²) in [6, 6.07) is 9.87.